The molecule has 0 aliphatic rings. The predicted octanol–water partition coefficient (Wildman–Crippen LogP) is 0.859. The zero-order chi connectivity index (χ0) is 13.8. The Morgan fingerprint density at radius 3 is 2.68 bits per heavy atom. The van der Waals surface area contributed by atoms with Crippen molar-refractivity contribution in [2.24, 2.45) is 5.73 Å². The van der Waals surface area contributed by atoms with Crippen LogP contribution in [0.4, 0.5) is 5.69 Å². The van der Waals surface area contributed by atoms with Gasteiger partial charge in [-0.2, -0.15) is 0 Å². The standard InChI is InChI=1S/C12H13N5OS/c1-8-2-4-9(5-3-8)15-10(18)6-17-7-14-12(16-17)11(13)19/h2-5,7H,6H2,1H3,(H2,13,19)(H,15,18). The highest BCUT2D eigenvalue weighted by Gasteiger charge is 2.07. The van der Waals surface area contributed by atoms with Gasteiger partial charge in [-0.1, -0.05) is 29.9 Å². The summed E-state index contributed by atoms with van der Waals surface area (Å²) in [5.74, 6) is 0.0707. The number of rotatable bonds is 4. The summed E-state index contributed by atoms with van der Waals surface area (Å²) < 4.78 is 1.39. The van der Waals surface area contributed by atoms with E-state index in [1.54, 1.807) is 0 Å². The van der Waals surface area contributed by atoms with E-state index >= 15 is 0 Å². The van der Waals surface area contributed by atoms with E-state index < -0.39 is 0 Å². The van der Waals surface area contributed by atoms with E-state index in [0.717, 1.165) is 11.3 Å². The first kappa shape index (κ1) is 13.2. The van der Waals surface area contributed by atoms with Crippen LogP contribution in [0.25, 0.3) is 0 Å². The summed E-state index contributed by atoms with van der Waals surface area (Å²) in [7, 11) is 0. The van der Waals surface area contributed by atoms with Crippen molar-refractivity contribution in [3.05, 3.63) is 42.0 Å². The molecule has 1 heterocycles. The molecule has 0 bridgehead atoms. The summed E-state index contributed by atoms with van der Waals surface area (Å²) in [5, 5.41) is 6.75. The molecule has 2 aromatic rings. The van der Waals surface area contributed by atoms with Gasteiger partial charge in [0, 0.05) is 5.69 Å². The molecule has 6 nitrogen and oxygen atoms in total. The summed E-state index contributed by atoms with van der Waals surface area (Å²) in [4.78, 5) is 15.8. The maximum Gasteiger partial charge on any atom is 0.246 e. The minimum atomic E-state index is -0.191. The Morgan fingerprint density at radius 1 is 1.42 bits per heavy atom. The number of benzene rings is 1. The number of hydrogen-bond acceptors (Lipinski definition) is 4. The lowest BCUT2D eigenvalue weighted by atomic mass is 10.2. The minimum Gasteiger partial charge on any atom is -0.387 e. The topological polar surface area (TPSA) is 85.8 Å². The van der Waals surface area contributed by atoms with Crippen molar-refractivity contribution < 1.29 is 4.79 Å². The zero-order valence-electron chi connectivity index (χ0n) is 10.3. The predicted molar refractivity (Wildman–Crippen MR) is 75.7 cm³/mol. The Morgan fingerprint density at radius 2 is 2.11 bits per heavy atom. The lowest BCUT2D eigenvalue weighted by Crippen LogP contribution is -2.20. The summed E-state index contributed by atoms with van der Waals surface area (Å²) in [5.41, 5.74) is 7.26. The summed E-state index contributed by atoms with van der Waals surface area (Å²) >= 11 is 4.74. The number of anilines is 1. The molecule has 7 heteroatoms. The number of nitrogens with two attached hydrogens (primary N) is 1. The molecule has 19 heavy (non-hydrogen) atoms. The molecule has 98 valence electrons. The lowest BCUT2D eigenvalue weighted by molar-refractivity contribution is -0.116. The summed E-state index contributed by atoms with van der Waals surface area (Å²) in [6.45, 7) is 2.04. The van der Waals surface area contributed by atoms with E-state index in [9.17, 15) is 4.79 Å². The van der Waals surface area contributed by atoms with Gasteiger partial charge in [-0.3, -0.25) is 4.79 Å². The fourth-order valence-corrected chi connectivity index (χ4v) is 1.56. The van der Waals surface area contributed by atoms with Crippen LogP contribution < -0.4 is 11.1 Å². The fraction of sp³-hybridized carbons (Fsp3) is 0.167. The summed E-state index contributed by atoms with van der Waals surface area (Å²) in [6.07, 6.45) is 1.42. The van der Waals surface area contributed by atoms with Crippen LogP contribution in [-0.4, -0.2) is 25.7 Å². The summed E-state index contributed by atoms with van der Waals surface area (Å²) in [6, 6.07) is 7.54. The van der Waals surface area contributed by atoms with Crippen LogP contribution in [0.15, 0.2) is 30.6 Å². The number of nitrogens with zero attached hydrogens (tertiary/aromatic N) is 3. The number of hydrogen-bond donors (Lipinski definition) is 2. The first-order valence-corrected chi connectivity index (χ1v) is 6.01. The molecule has 0 aliphatic carbocycles. The zero-order valence-corrected chi connectivity index (χ0v) is 11.1. The van der Waals surface area contributed by atoms with Crippen LogP contribution in [0.1, 0.15) is 11.4 Å². The van der Waals surface area contributed by atoms with E-state index in [2.05, 4.69) is 15.4 Å². The number of carbonyl (C=O) groups excluding carboxylic acids is 1. The van der Waals surface area contributed by atoms with E-state index in [1.165, 1.54) is 11.0 Å². The third kappa shape index (κ3) is 3.59. The molecule has 0 spiro atoms. The van der Waals surface area contributed by atoms with Crippen LogP contribution >= 0.6 is 12.2 Å². The van der Waals surface area contributed by atoms with Crippen molar-refractivity contribution >= 4 is 28.8 Å². The van der Waals surface area contributed by atoms with Crippen LogP contribution in [-0.2, 0) is 11.3 Å². The molecule has 3 N–H and O–H groups in total. The highest BCUT2D eigenvalue weighted by atomic mass is 32.1. The van der Waals surface area contributed by atoms with Gasteiger partial charge in [0.25, 0.3) is 0 Å². The van der Waals surface area contributed by atoms with Crippen molar-refractivity contribution in [2.45, 2.75) is 13.5 Å². The van der Waals surface area contributed by atoms with Gasteiger partial charge in [-0.15, -0.1) is 5.10 Å². The first-order chi connectivity index (χ1) is 9.04. The molecule has 0 saturated carbocycles. The second-order valence-electron chi connectivity index (χ2n) is 4.04. The molecule has 0 unspecified atom stereocenters. The number of thiocarbonyl (C=S) groups is 1. The van der Waals surface area contributed by atoms with Crippen LogP contribution in [0, 0.1) is 6.92 Å². The molecule has 0 aliphatic heterocycles. The second-order valence-corrected chi connectivity index (χ2v) is 4.48. The average Bonchev–Trinajstić information content (AvgIpc) is 2.80. The molecular formula is C12H13N5OS. The van der Waals surface area contributed by atoms with Crippen molar-refractivity contribution in [1.29, 1.82) is 0 Å². The Hall–Kier alpha value is -2.28. The van der Waals surface area contributed by atoms with Crippen molar-refractivity contribution in [1.82, 2.24) is 14.8 Å². The molecule has 2 rings (SSSR count). The lowest BCUT2D eigenvalue weighted by Gasteiger charge is -2.05. The van der Waals surface area contributed by atoms with Gasteiger partial charge in [0.2, 0.25) is 11.7 Å². The Bertz CT molecular complexity index is 605. The molecule has 0 radical (unpaired) electrons. The molecule has 1 aromatic carbocycles. The molecule has 1 amide bonds. The number of nitrogens with one attached hydrogen (secondary N) is 1. The van der Waals surface area contributed by atoms with Crippen molar-refractivity contribution in [2.75, 3.05) is 5.32 Å². The number of carbonyl (C=O) groups is 1. The molecule has 0 saturated heterocycles. The maximum absolute atomic E-state index is 11.8. The third-order valence-electron chi connectivity index (χ3n) is 2.40. The highest BCUT2D eigenvalue weighted by Crippen LogP contribution is 2.08. The Labute approximate surface area is 115 Å². The molecule has 0 fully saturated rings. The SMILES string of the molecule is Cc1ccc(NC(=O)Cn2cnc(C(N)=S)n2)cc1. The Kier molecular flexibility index (Phi) is 3.86. The number of amides is 1. The van der Waals surface area contributed by atoms with E-state index in [-0.39, 0.29) is 23.3 Å². The Balaban J connectivity index is 1.97. The first-order valence-electron chi connectivity index (χ1n) is 5.60. The van der Waals surface area contributed by atoms with Gasteiger partial charge in [0.05, 0.1) is 0 Å². The number of aromatic nitrogens is 3. The van der Waals surface area contributed by atoms with E-state index in [0.29, 0.717) is 0 Å². The van der Waals surface area contributed by atoms with Crippen LogP contribution in [0.3, 0.4) is 0 Å². The van der Waals surface area contributed by atoms with Gasteiger partial charge < -0.3 is 11.1 Å². The molecule has 0 atom stereocenters. The quantitative estimate of drug-likeness (QED) is 0.808. The van der Waals surface area contributed by atoms with E-state index in [4.69, 9.17) is 18.0 Å². The fourth-order valence-electron chi connectivity index (χ4n) is 1.47. The largest absolute Gasteiger partial charge is 0.387 e. The smallest absolute Gasteiger partial charge is 0.246 e. The van der Waals surface area contributed by atoms with Gasteiger partial charge >= 0.3 is 0 Å². The van der Waals surface area contributed by atoms with Gasteiger partial charge in [-0.25, -0.2) is 9.67 Å². The van der Waals surface area contributed by atoms with Gasteiger partial charge in [0.15, 0.2) is 0 Å². The van der Waals surface area contributed by atoms with E-state index in [1.807, 2.05) is 31.2 Å². The molecule has 1 aromatic heterocycles. The molecular weight excluding hydrogens is 262 g/mol. The second kappa shape index (κ2) is 5.57. The van der Waals surface area contributed by atoms with Crippen molar-refractivity contribution in [3.63, 3.8) is 0 Å². The van der Waals surface area contributed by atoms with Crippen LogP contribution in [0.2, 0.25) is 0 Å². The van der Waals surface area contributed by atoms with Crippen LogP contribution in [0.5, 0.6) is 0 Å². The third-order valence-corrected chi connectivity index (χ3v) is 2.58. The number of aryl methyl sites for hydroxylation is 1. The normalized spacial score (nSPS) is 10.2. The minimum absolute atomic E-state index is 0.0590. The highest BCUT2D eigenvalue weighted by molar-refractivity contribution is 7.80. The monoisotopic (exact) mass is 275 g/mol. The maximum atomic E-state index is 11.8. The van der Waals surface area contributed by atoms with Gasteiger partial charge in [-0.05, 0) is 19.1 Å². The van der Waals surface area contributed by atoms with Gasteiger partial charge in [0.1, 0.15) is 17.9 Å². The van der Waals surface area contributed by atoms with Crippen molar-refractivity contribution in [3.8, 4) is 0 Å². The average molecular weight is 275 g/mol.